The summed E-state index contributed by atoms with van der Waals surface area (Å²) in [6.07, 6.45) is 2.06. The summed E-state index contributed by atoms with van der Waals surface area (Å²) < 4.78 is 18.0. The van der Waals surface area contributed by atoms with Crippen molar-refractivity contribution < 1.29 is 19.0 Å². The van der Waals surface area contributed by atoms with Gasteiger partial charge in [0.2, 0.25) is 0 Å². The van der Waals surface area contributed by atoms with Gasteiger partial charge in [0.1, 0.15) is 0 Å². The van der Waals surface area contributed by atoms with E-state index < -0.39 is 11.8 Å². The van der Waals surface area contributed by atoms with E-state index in [1.54, 1.807) is 19.1 Å². The molecule has 0 bridgehead atoms. The maximum atomic E-state index is 13.1. The Morgan fingerprint density at radius 3 is 2.83 bits per heavy atom. The Bertz CT molecular complexity index is 458. The van der Waals surface area contributed by atoms with Gasteiger partial charge in [-0.1, -0.05) is 13.0 Å². The molecule has 0 aromatic heterocycles. The van der Waals surface area contributed by atoms with E-state index in [4.69, 9.17) is 9.84 Å². The van der Waals surface area contributed by atoms with E-state index >= 15 is 0 Å². The summed E-state index contributed by atoms with van der Waals surface area (Å²) >= 11 is 0. The number of hydrogen-bond donors (Lipinski definition) is 2. The Morgan fingerprint density at radius 2 is 2.28 bits per heavy atom. The average Bonchev–Trinajstić information content (AvgIpc) is 2.36. The molecule has 0 aliphatic heterocycles. The fourth-order valence-corrected chi connectivity index (χ4v) is 1.44. The van der Waals surface area contributed by atoms with Crippen molar-refractivity contribution >= 4 is 11.7 Å². The molecule has 98 valence electrons. The first-order valence-electron chi connectivity index (χ1n) is 5.58. The van der Waals surface area contributed by atoms with Crippen molar-refractivity contribution in [1.29, 1.82) is 0 Å². The molecule has 0 unspecified atom stereocenters. The molecule has 0 saturated heterocycles. The van der Waals surface area contributed by atoms with Crippen molar-refractivity contribution in [3.05, 3.63) is 35.7 Å². The summed E-state index contributed by atoms with van der Waals surface area (Å²) in [6.45, 7) is 2.14. The van der Waals surface area contributed by atoms with Crippen LogP contribution in [0.4, 0.5) is 10.1 Å². The zero-order valence-electron chi connectivity index (χ0n) is 10.4. The lowest BCUT2D eigenvalue weighted by Gasteiger charge is -2.07. The number of benzene rings is 1. The van der Waals surface area contributed by atoms with Crippen LogP contribution in [0.1, 0.15) is 13.3 Å². The molecule has 2 N–H and O–H groups in total. The molecule has 0 amide bonds. The summed E-state index contributed by atoms with van der Waals surface area (Å²) in [5.41, 5.74) is 1.02. The van der Waals surface area contributed by atoms with E-state index in [-0.39, 0.29) is 5.75 Å². The number of aliphatic carboxylic acids is 1. The molecule has 0 radical (unpaired) electrons. The molecule has 0 aliphatic carbocycles. The van der Waals surface area contributed by atoms with Crippen LogP contribution in [0, 0.1) is 5.82 Å². The summed E-state index contributed by atoms with van der Waals surface area (Å²) in [7, 11) is 1.39. The number of anilines is 1. The van der Waals surface area contributed by atoms with Gasteiger partial charge in [0.25, 0.3) is 0 Å². The quantitative estimate of drug-likeness (QED) is 0.765. The molecule has 1 rings (SSSR count). The number of nitrogens with one attached hydrogen (secondary N) is 1. The number of carbonyl (C=O) groups is 1. The van der Waals surface area contributed by atoms with E-state index in [1.807, 2.05) is 0 Å². The highest BCUT2D eigenvalue weighted by Gasteiger charge is 2.04. The summed E-state index contributed by atoms with van der Waals surface area (Å²) in [4.78, 5) is 10.8. The van der Waals surface area contributed by atoms with Gasteiger partial charge in [0.15, 0.2) is 11.6 Å². The van der Waals surface area contributed by atoms with Crippen LogP contribution in [0.5, 0.6) is 5.75 Å². The predicted octanol–water partition coefficient (Wildman–Crippen LogP) is 2.67. The molecule has 0 saturated carbocycles. The van der Waals surface area contributed by atoms with Crippen molar-refractivity contribution in [2.75, 3.05) is 19.0 Å². The van der Waals surface area contributed by atoms with Crippen molar-refractivity contribution in [3.63, 3.8) is 0 Å². The Hall–Kier alpha value is -2.04. The smallest absolute Gasteiger partial charge is 0.331 e. The summed E-state index contributed by atoms with van der Waals surface area (Å²) in [5.74, 6) is -1.20. The molecule has 0 heterocycles. The fourth-order valence-electron chi connectivity index (χ4n) is 1.44. The topological polar surface area (TPSA) is 58.6 Å². The van der Waals surface area contributed by atoms with Crippen molar-refractivity contribution in [3.8, 4) is 5.75 Å². The summed E-state index contributed by atoms with van der Waals surface area (Å²) in [5, 5.41) is 11.8. The standard InChI is InChI=1S/C13H16FNO3/c1-3-9(13(16)17)6-7-15-10-4-5-11(14)12(8-10)18-2/h4-6,8,15H,3,7H2,1-2H3,(H,16,17)/b9-6-. The highest BCUT2D eigenvalue weighted by Crippen LogP contribution is 2.21. The van der Waals surface area contributed by atoms with Crippen molar-refractivity contribution in [1.82, 2.24) is 0 Å². The molecular weight excluding hydrogens is 237 g/mol. The minimum Gasteiger partial charge on any atom is -0.494 e. The van der Waals surface area contributed by atoms with Crippen LogP contribution in [0.3, 0.4) is 0 Å². The van der Waals surface area contributed by atoms with Crippen LogP contribution in [-0.2, 0) is 4.79 Å². The van der Waals surface area contributed by atoms with E-state index in [1.165, 1.54) is 19.2 Å². The third-order valence-electron chi connectivity index (χ3n) is 2.46. The minimum absolute atomic E-state index is 0.151. The van der Waals surface area contributed by atoms with Gasteiger partial charge in [0.05, 0.1) is 7.11 Å². The molecule has 1 aromatic carbocycles. The van der Waals surface area contributed by atoms with Gasteiger partial charge in [-0.15, -0.1) is 0 Å². The lowest BCUT2D eigenvalue weighted by molar-refractivity contribution is -0.132. The number of carboxylic acids is 1. The highest BCUT2D eigenvalue weighted by molar-refractivity contribution is 5.86. The first kappa shape index (κ1) is 14.0. The first-order chi connectivity index (χ1) is 8.58. The molecule has 0 aliphatic rings. The third-order valence-corrected chi connectivity index (χ3v) is 2.46. The fraction of sp³-hybridized carbons (Fsp3) is 0.308. The Balaban J connectivity index is 2.66. The molecule has 1 aromatic rings. The van der Waals surface area contributed by atoms with Crippen molar-refractivity contribution in [2.45, 2.75) is 13.3 Å². The second kappa shape index (κ2) is 6.64. The van der Waals surface area contributed by atoms with Gasteiger partial charge in [0, 0.05) is 23.9 Å². The monoisotopic (exact) mass is 253 g/mol. The second-order valence-corrected chi connectivity index (χ2v) is 3.62. The van der Waals surface area contributed by atoms with Crippen LogP contribution in [0.2, 0.25) is 0 Å². The third kappa shape index (κ3) is 3.76. The van der Waals surface area contributed by atoms with Gasteiger partial charge >= 0.3 is 5.97 Å². The molecule has 0 fully saturated rings. The average molecular weight is 253 g/mol. The summed E-state index contributed by atoms with van der Waals surface area (Å²) in [6, 6.07) is 4.39. The van der Waals surface area contributed by atoms with Crippen LogP contribution in [0.15, 0.2) is 29.8 Å². The predicted molar refractivity (Wildman–Crippen MR) is 67.5 cm³/mol. The van der Waals surface area contributed by atoms with Crippen LogP contribution in [0.25, 0.3) is 0 Å². The molecule has 0 spiro atoms. The second-order valence-electron chi connectivity index (χ2n) is 3.62. The number of rotatable bonds is 6. The highest BCUT2D eigenvalue weighted by atomic mass is 19.1. The number of ether oxygens (including phenoxy) is 1. The van der Waals surface area contributed by atoms with Gasteiger partial charge in [-0.3, -0.25) is 0 Å². The normalized spacial score (nSPS) is 11.2. The molecule has 5 heteroatoms. The van der Waals surface area contributed by atoms with Crippen LogP contribution < -0.4 is 10.1 Å². The van der Waals surface area contributed by atoms with E-state index in [0.29, 0.717) is 24.2 Å². The molecular formula is C13H16FNO3. The number of methoxy groups -OCH3 is 1. The molecule has 4 nitrogen and oxygen atoms in total. The van der Waals surface area contributed by atoms with Gasteiger partial charge < -0.3 is 15.2 Å². The number of halogens is 1. The zero-order valence-corrected chi connectivity index (χ0v) is 10.4. The van der Waals surface area contributed by atoms with Crippen LogP contribution >= 0.6 is 0 Å². The number of carboxylic acid groups (broad SMARTS) is 1. The number of hydrogen-bond acceptors (Lipinski definition) is 3. The zero-order chi connectivity index (χ0) is 13.5. The largest absolute Gasteiger partial charge is 0.494 e. The van der Waals surface area contributed by atoms with Gasteiger partial charge in [-0.2, -0.15) is 0 Å². The lowest BCUT2D eigenvalue weighted by Crippen LogP contribution is -2.05. The van der Waals surface area contributed by atoms with Gasteiger partial charge in [-0.25, -0.2) is 9.18 Å². The van der Waals surface area contributed by atoms with Gasteiger partial charge in [-0.05, 0) is 18.6 Å². The van der Waals surface area contributed by atoms with Crippen molar-refractivity contribution in [2.24, 2.45) is 0 Å². The lowest BCUT2D eigenvalue weighted by atomic mass is 10.2. The minimum atomic E-state index is -0.920. The Labute approximate surface area is 105 Å². The first-order valence-corrected chi connectivity index (χ1v) is 5.58. The Morgan fingerprint density at radius 1 is 1.56 bits per heavy atom. The molecule has 18 heavy (non-hydrogen) atoms. The van der Waals surface area contributed by atoms with E-state index in [2.05, 4.69) is 5.32 Å². The SMILES string of the molecule is CC/C(=C/CNc1ccc(F)c(OC)c1)C(=O)O. The maximum Gasteiger partial charge on any atom is 0.331 e. The Kier molecular flexibility index (Phi) is 5.17. The maximum absolute atomic E-state index is 13.1. The van der Waals surface area contributed by atoms with Crippen LogP contribution in [-0.4, -0.2) is 24.7 Å². The van der Waals surface area contributed by atoms with E-state index in [9.17, 15) is 9.18 Å². The molecule has 0 atom stereocenters. The van der Waals surface area contributed by atoms with E-state index in [0.717, 1.165) is 0 Å².